The van der Waals surface area contributed by atoms with Gasteiger partial charge in [-0.2, -0.15) is 0 Å². The lowest BCUT2D eigenvalue weighted by Crippen LogP contribution is -2.47. The zero-order chi connectivity index (χ0) is 18.8. The summed E-state index contributed by atoms with van der Waals surface area (Å²) >= 11 is 0. The zero-order valence-electron chi connectivity index (χ0n) is 16.1. The number of rotatable bonds is 3. The molecule has 4 rings (SSSR count). The number of aromatic nitrogens is 4. The van der Waals surface area contributed by atoms with Crippen LogP contribution in [0, 0.1) is 20.8 Å². The normalized spacial score (nSPS) is 14.5. The molecule has 0 N–H and O–H groups in total. The van der Waals surface area contributed by atoms with Gasteiger partial charge >= 0.3 is 0 Å². The molecule has 0 unspecified atom stereocenters. The van der Waals surface area contributed by atoms with Crippen molar-refractivity contribution in [1.29, 1.82) is 0 Å². The van der Waals surface area contributed by atoms with Crippen molar-refractivity contribution in [3.63, 3.8) is 0 Å². The first-order valence-corrected chi connectivity index (χ1v) is 9.30. The lowest BCUT2D eigenvalue weighted by Gasteiger charge is -2.36. The van der Waals surface area contributed by atoms with E-state index in [0.717, 1.165) is 60.6 Å². The second-order valence-electron chi connectivity index (χ2n) is 7.02. The summed E-state index contributed by atoms with van der Waals surface area (Å²) < 4.78 is 0. The van der Waals surface area contributed by atoms with Crippen LogP contribution < -0.4 is 9.80 Å². The van der Waals surface area contributed by atoms with Gasteiger partial charge in [0.1, 0.15) is 23.8 Å². The van der Waals surface area contributed by atoms with E-state index in [1.54, 1.807) is 6.33 Å². The van der Waals surface area contributed by atoms with E-state index in [1.165, 1.54) is 5.56 Å². The van der Waals surface area contributed by atoms with Gasteiger partial charge in [0.15, 0.2) is 0 Å². The van der Waals surface area contributed by atoms with E-state index >= 15 is 0 Å². The van der Waals surface area contributed by atoms with Crippen LogP contribution in [0.15, 0.2) is 42.7 Å². The maximum Gasteiger partial charge on any atom is 0.132 e. The number of hydrogen-bond acceptors (Lipinski definition) is 6. The van der Waals surface area contributed by atoms with Crippen LogP contribution in [-0.2, 0) is 0 Å². The van der Waals surface area contributed by atoms with Crippen molar-refractivity contribution in [3.05, 3.63) is 59.8 Å². The summed E-state index contributed by atoms with van der Waals surface area (Å²) in [6, 6.07) is 12.6. The minimum absolute atomic E-state index is 0.803. The fourth-order valence-corrected chi connectivity index (χ4v) is 3.36. The van der Waals surface area contributed by atoms with Crippen molar-refractivity contribution < 1.29 is 0 Å². The lowest BCUT2D eigenvalue weighted by molar-refractivity contribution is 0.639. The van der Waals surface area contributed by atoms with Crippen molar-refractivity contribution >= 4 is 11.6 Å². The molecule has 6 heteroatoms. The van der Waals surface area contributed by atoms with Gasteiger partial charge < -0.3 is 9.80 Å². The Morgan fingerprint density at radius 1 is 0.741 bits per heavy atom. The number of anilines is 2. The van der Waals surface area contributed by atoms with E-state index in [2.05, 4.69) is 67.0 Å². The molecular weight excluding hydrogens is 336 g/mol. The second kappa shape index (κ2) is 7.31. The quantitative estimate of drug-likeness (QED) is 0.715. The standard InChI is InChI=1S/C21H24N6/c1-15-4-6-18(7-5-15)19-13-21(25-17(3)24-19)27-10-8-26(9-11-27)20-12-16(2)22-14-23-20/h4-7,12-14H,8-11H2,1-3H3. The molecule has 0 bridgehead atoms. The van der Waals surface area contributed by atoms with Gasteiger partial charge in [0, 0.05) is 49.6 Å². The molecule has 0 amide bonds. The monoisotopic (exact) mass is 360 g/mol. The van der Waals surface area contributed by atoms with Crippen molar-refractivity contribution in [2.24, 2.45) is 0 Å². The molecule has 2 aromatic heterocycles. The Hall–Kier alpha value is -3.02. The Balaban J connectivity index is 1.52. The number of nitrogens with zero attached hydrogens (tertiary/aromatic N) is 6. The predicted octanol–water partition coefficient (Wildman–Crippen LogP) is 3.19. The van der Waals surface area contributed by atoms with E-state index in [0.29, 0.717) is 0 Å². The molecule has 1 aliphatic rings. The van der Waals surface area contributed by atoms with E-state index in [4.69, 9.17) is 0 Å². The highest BCUT2D eigenvalue weighted by atomic mass is 15.3. The van der Waals surface area contributed by atoms with Crippen LogP contribution in [0.3, 0.4) is 0 Å². The predicted molar refractivity (Wildman–Crippen MR) is 108 cm³/mol. The molecule has 3 heterocycles. The van der Waals surface area contributed by atoms with Gasteiger partial charge in [-0.25, -0.2) is 19.9 Å². The van der Waals surface area contributed by atoms with Crippen LogP contribution in [0.2, 0.25) is 0 Å². The van der Waals surface area contributed by atoms with Gasteiger partial charge in [0.25, 0.3) is 0 Å². The fourth-order valence-electron chi connectivity index (χ4n) is 3.36. The average Bonchev–Trinajstić information content (AvgIpc) is 2.68. The van der Waals surface area contributed by atoms with Gasteiger partial charge in [-0.3, -0.25) is 0 Å². The second-order valence-corrected chi connectivity index (χ2v) is 7.02. The molecular formula is C21H24N6. The van der Waals surface area contributed by atoms with E-state index < -0.39 is 0 Å². The number of piperazine rings is 1. The van der Waals surface area contributed by atoms with Crippen LogP contribution in [0.25, 0.3) is 11.3 Å². The molecule has 1 fully saturated rings. The van der Waals surface area contributed by atoms with Crippen molar-refractivity contribution in [2.75, 3.05) is 36.0 Å². The van der Waals surface area contributed by atoms with Crippen molar-refractivity contribution in [3.8, 4) is 11.3 Å². The van der Waals surface area contributed by atoms with Gasteiger partial charge in [0.05, 0.1) is 5.69 Å². The smallest absolute Gasteiger partial charge is 0.132 e. The Morgan fingerprint density at radius 2 is 1.41 bits per heavy atom. The minimum Gasteiger partial charge on any atom is -0.353 e. The molecule has 1 aliphatic heterocycles. The summed E-state index contributed by atoms with van der Waals surface area (Å²) in [5, 5.41) is 0. The van der Waals surface area contributed by atoms with Crippen LogP contribution in [0.1, 0.15) is 17.1 Å². The van der Waals surface area contributed by atoms with Gasteiger partial charge in [-0.05, 0) is 20.8 Å². The summed E-state index contributed by atoms with van der Waals surface area (Å²) in [7, 11) is 0. The molecule has 0 saturated carbocycles. The summed E-state index contributed by atoms with van der Waals surface area (Å²) in [5.41, 5.74) is 4.35. The molecule has 0 spiro atoms. The highest BCUT2D eigenvalue weighted by molar-refractivity contribution is 5.63. The van der Waals surface area contributed by atoms with Gasteiger partial charge in [-0.15, -0.1) is 0 Å². The van der Waals surface area contributed by atoms with Gasteiger partial charge in [-0.1, -0.05) is 29.8 Å². The third-order valence-corrected chi connectivity index (χ3v) is 4.89. The molecule has 0 aliphatic carbocycles. The maximum atomic E-state index is 4.68. The van der Waals surface area contributed by atoms with E-state index in [9.17, 15) is 0 Å². The fraction of sp³-hybridized carbons (Fsp3) is 0.333. The largest absolute Gasteiger partial charge is 0.353 e. The SMILES string of the molecule is Cc1ccc(-c2cc(N3CCN(c4cc(C)ncn4)CC3)nc(C)n2)cc1. The lowest BCUT2D eigenvalue weighted by atomic mass is 10.1. The molecule has 1 saturated heterocycles. The van der Waals surface area contributed by atoms with Crippen molar-refractivity contribution in [2.45, 2.75) is 20.8 Å². The van der Waals surface area contributed by atoms with Crippen LogP contribution in [0.5, 0.6) is 0 Å². The summed E-state index contributed by atoms with van der Waals surface area (Å²) in [5.74, 6) is 2.80. The molecule has 6 nitrogen and oxygen atoms in total. The molecule has 0 radical (unpaired) electrons. The first kappa shape index (κ1) is 17.4. The molecule has 27 heavy (non-hydrogen) atoms. The minimum atomic E-state index is 0.803. The van der Waals surface area contributed by atoms with E-state index in [-0.39, 0.29) is 0 Å². The number of benzene rings is 1. The molecule has 0 atom stereocenters. The molecule has 138 valence electrons. The first-order chi connectivity index (χ1) is 13.1. The van der Waals surface area contributed by atoms with Crippen LogP contribution >= 0.6 is 0 Å². The van der Waals surface area contributed by atoms with Crippen molar-refractivity contribution in [1.82, 2.24) is 19.9 Å². The first-order valence-electron chi connectivity index (χ1n) is 9.30. The highest BCUT2D eigenvalue weighted by Gasteiger charge is 2.20. The Morgan fingerprint density at radius 3 is 2.07 bits per heavy atom. The summed E-state index contributed by atoms with van der Waals surface area (Å²) in [6.45, 7) is 9.70. The maximum absolute atomic E-state index is 4.68. The zero-order valence-corrected chi connectivity index (χ0v) is 16.1. The Labute approximate surface area is 159 Å². The number of hydrogen-bond donors (Lipinski definition) is 0. The van der Waals surface area contributed by atoms with Gasteiger partial charge in [0.2, 0.25) is 0 Å². The summed E-state index contributed by atoms with van der Waals surface area (Å²) in [4.78, 5) is 22.5. The Bertz CT molecular complexity index is 930. The third-order valence-electron chi connectivity index (χ3n) is 4.89. The number of aryl methyl sites for hydroxylation is 3. The van der Waals surface area contributed by atoms with Crippen LogP contribution in [0.4, 0.5) is 11.6 Å². The topological polar surface area (TPSA) is 58.0 Å². The van der Waals surface area contributed by atoms with E-state index in [1.807, 2.05) is 19.9 Å². The third kappa shape index (κ3) is 3.89. The Kier molecular flexibility index (Phi) is 4.71. The molecule has 3 aromatic rings. The average molecular weight is 360 g/mol. The van der Waals surface area contributed by atoms with Crippen LogP contribution in [-0.4, -0.2) is 46.1 Å². The summed E-state index contributed by atoms with van der Waals surface area (Å²) in [6.07, 6.45) is 1.64. The molecule has 1 aromatic carbocycles. The highest BCUT2D eigenvalue weighted by Crippen LogP contribution is 2.24.